The molecule has 1 heterocycles. The number of aliphatic hydroxyl groups excluding tert-OH is 2. The number of carbonyl (C=O) groups excluding carboxylic acids is 1. The highest BCUT2D eigenvalue weighted by Gasteiger charge is 2.19. The van der Waals surface area contributed by atoms with Crippen molar-refractivity contribution in [2.45, 2.75) is 44.9 Å². The molecule has 0 spiro atoms. The first kappa shape index (κ1) is 24.4. The number of rotatable bonds is 8. The number of halogens is 1. The lowest BCUT2D eigenvalue weighted by atomic mass is 9.95. The molecule has 0 saturated heterocycles. The van der Waals surface area contributed by atoms with Gasteiger partial charge in [0.1, 0.15) is 5.82 Å². The molecule has 0 aliphatic heterocycles. The highest BCUT2D eigenvalue weighted by Crippen LogP contribution is 2.33. The number of ether oxygens (including phenoxy) is 1. The van der Waals surface area contributed by atoms with Crippen LogP contribution in [0.5, 0.6) is 0 Å². The summed E-state index contributed by atoms with van der Waals surface area (Å²) in [7, 11) is 1.23. The minimum Gasteiger partial charge on any atom is -0.469 e. The number of aromatic nitrogens is 1. The standard InChI is InChI=1S/C26H28FNO5/c1-16(2)28-23(13-12-19(29)14-20(30)15-24(31)33-3)25(17-8-10-18(27)11-9-17)21-6-4-5-7-22(21)26(28)32/h4-13,16,19-20,29-30H,14-15H2,1-3H3/t19-,20-/m1/s1. The molecule has 2 N–H and O–H groups in total. The van der Waals surface area contributed by atoms with E-state index >= 15 is 0 Å². The van der Waals surface area contributed by atoms with Gasteiger partial charge in [0.05, 0.1) is 31.4 Å². The van der Waals surface area contributed by atoms with Crippen LogP contribution in [0.4, 0.5) is 4.39 Å². The molecule has 3 rings (SSSR count). The van der Waals surface area contributed by atoms with E-state index in [9.17, 15) is 24.2 Å². The second kappa shape index (κ2) is 10.6. The summed E-state index contributed by atoms with van der Waals surface area (Å²) in [4.78, 5) is 24.7. The normalized spacial score (nSPS) is 13.5. The zero-order chi connectivity index (χ0) is 24.1. The molecule has 2 aromatic carbocycles. The monoisotopic (exact) mass is 453 g/mol. The Kier molecular flexibility index (Phi) is 7.79. The van der Waals surface area contributed by atoms with Crippen LogP contribution >= 0.6 is 0 Å². The lowest BCUT2D eigenvalue weighted by Gasteiger charge is -2.21. The van der Waals surface area contributed by atoms with Crippen LogP contribution in [0.1, 0.15) is 38.4 Å². The third-order valence-corrected chi connectivity index (χ3v) is 5.43. The molecule has 1 aromatic heterocycles. The van der Waals surface area contributed by atoms with Gasteiger partial charge in [0.25, 0.3) is 5.56 Å². The molecular weight excluding hydrogens is 425 g/mol. The van der Waals surface area contributed by atoms with Gasteiger partial charge in [-0.2, -0.15) is 0 Å². The van der Waals surface area contributed by atoms with Gasteiger partial charge < -0.3 is 19.5 Å². The number of nitrogens with zero attached hydrogens (tertiary/aromatic N) is 1. The topological polar surface area (TPSA) is 88.8 Å². The first-order valence-electron chi connectivity index (χ1n) is 10.8. The molecule has 0 bridgehead atoms. The van der Waals surface area contributed by atoms with Crippen molar-refractivity contribution in [3.8, 4) is 11.1 Å². The van der Waals surface area contributed by atoms with Crippen LogP contribution < -0.4 is 5.56 Å². The Labute approximate surface area is 191 Å². The van der Waals surface area contributed by atoms with Crippen molar-refractivity contribution in [2.75, 3.05) is 7.11 Å². The van der Waals surface area contributed by atoms with Crippen LogP contribution in [0.3, 0.4) is 0 Å². The van der Waals surface area contributed by atoms with E-state index in [1.165, 1.54) is 25.3 Å². The minimum absolute atomic E-state index is 0.0724. The number of aliphatic hydroxyl groups is 2. The number of esters is 1. The quantitative estimate of drug-likeness (QED) is 0.502. The predicted octanol–water partition coefficient (Wildman–Crippen LogP) is 4.08. The van der Waals surface area contributed by atoms with E-state index in [1.807, 2.05) is 26.0 Å². The predicted molar refractivity (Wildman–Crippen MR) is 126 cm³/mol. The van der Waals surface area contributed by atoms with Crippen LogP contribution in [0, 0.1) is 5.82 Å². The zero-order valence-electron chi connectivity index (χ0n) is 18.9. The Hall–Kier alpha value is -3.29. The third kappa shape index (κ3) is 5.56. The summed E-state index contributed by atoms with van der Waals surface area (Å²) in [6, 6.07) is 13.1. The first-order valence-corrected chi connectivity index (χ1v) is 10.8. The highest BCUT2D eigenvalue weighted by molar-refractivity contribution is 5.99. The Morgan fingerprint density at radius 2 is 1.73 bits per heavy atom. The Bertz CT molecular complexity index is 1210. The van der Waals surface area contributed by atoms with Crippen molar-refractivity contribution in [1.29, 1.82) is 0 Å². The van der Waals surface area contributed by atoms with Crippen molar-refractivity contribution < 1.29 is 24.1 Å². The molecule has 0 saturated carbocycles. The smallest absolute Gasteiger partial charge is 0.308 e. The van der Waals surface area contributed by atoms with E-state index in [0.29, 0.717) is 16.5 Å². The van der Waals surface area contributed by atoms with Gasteiger partial charge in [0.2, 0.25) is 0 Å². The Morgan fingerprint density at radius 1 is 1.09 bits per heavy atom. The van der Waals surface area contributed by atoms with Crippen molar-refractivity contribution in [1.82, 2.24) is 4.57 Å². The fourth-order valence-electron chi connectivity index (χ4n) is 3.90. The number of hydrogen-bond donors (Lipinski definition) is 2. The van der Waals surface area contributed by atoms with E-state index < -0.39 is 18.2 Å². The Balaban J connectivity index is 2.14. The largest absolute Gasteiger partial charge is 0.469 e. The van der Waals surface area contributed by atoms with E-state index in [1.54, 1.807) is 34.9 Å². The van der Waals surface area contributed by atoms with E-state index in [4.69, 9.17) is 0 Å². The maximum atomic E-state index is 13.6. The molecule has 33 heavy (non-hydrogen) atoms. The molecule has 6 nitrogen and oxygen atoms in total. The van der Waals surface area contributed by atoms with Gasteiger partial charge in [0.15, 0.2) is 0 Å². The lowest BCUT2D eigenvalue weighted by molar-refractivity contribution is -0.143. The highest BCUT2D eigenvalue weighted by atomic mass is 19.1. The van der Waals surface area contributed by atoms with Crippen LogP contribution in [0.25, 0.3) is 28.0 Å². The summed E-state index contributed by atoms with van der Waals surface area (Å²) in [5, 5.41) is 21.7. The molecule has 0 amide bonds. The van der Waals surface area contributed by atoms with Crippen molar-refractivity contribution in [3.63, 3.8) is 0 Å². The minimum atomic E-state index is -1.07. The average molecular weight is 454 g/mol. The van der Waals surface area contributed by atoms with E-state index in [2.05, 4.69) is 4.74 Å². The molecular formula is C26H28FNO5. The lowest BCUT2D eigenvalue weighted by Crippen LogP contribution is -2.25. The maximum absolute atomic E-state index is 13.6. The second-order valence-corrected chi connectivity index (χ2v) is 8.18. The summed E-state index contributed by atoms with van der Waals surface area (Å²) in [5.74, 6) is -0.937. The van der Waals surface area contributed by atoms with Gasteiger partial charge in [-0.15, -0.1) is 0 Å². The van der Waals surface area contributed by atoms with Crippen molar-refractivity contribution in [3.05, 3.63) is 76.5 Å². The number of benzene rings is 2. The SMILES string of the molecule is COC(=O)C[C@H](O)C[C@H](O)C=Cc1c(-c2ccc(F)cc2)c2ccccc2c(=O)n1C(C)C. The summed E-state index contributed by atoms with van der Waals surface area (Å²) in [6.45, 7) is 3.77. The zero-order valence-corrected chi connectivity index (χ0v) is 18.9. The molecule has 0 aliphatic carbocycles. The number of hydrogen-bond acceptors (Lipinski definition) is 5. The van der Waals surface area contributed by atoms with Gasteiger partial charge in [0, 0.05) is 23.4 Å². The summed E-state index contributed by atoms with van der Waals surface area (Å²) in [6.07, 6.45) is 0.689. The van der Waals surface area contributed by atoms with E-state index in [0.717, 1.165) is 11.1 Å². The van der Waals surface area contributed by atoms with Crippen LogP contribution in [-0.2, 0) is 9.53 Å². The van der Waals surface area contributed by atoms with E-state index in [-0.39, 0.29) is 30.3 Å². The summed E-state index contributed by atoms with van der Waals surface area (Å²) >= 11 is 0. The van der Waals surface area contributed by atoms with Gasteiger partial charge in [-0.25, -0.2) is 4.39 Å². The molecule has 7 heteroatoms. The molecule has 0 radical (unpaired) electrons. The van der Waals surface area contributed by atoms with Gasteiger partial charge in [-0.05, 0) is 49.1 Å². The maximum Gasteiger partial charge on any atom is 0.308 e. The fraction of sp³-hybridized carbons (Fsp3) is 0.308. The fourth-order valence-corrected chi connectivity index (χ4v) is 3.90. The molecule has 0 fully saturated rings. The number of pyridine rings is 1. The van der Waals surface area contributed by atoms with Crippen LogP contribution in [0.2, 0.25) is 0 Å². The van der Waals surface area contributed by atoms with Crippen molar-refractivity contribution >= 4 is 22.8 Å². The van der Waals surface area contributed by atoms with Gasteiger partial charge >= 0.3 is 5.97 Å². The van der Waals surface area contributed by atoms with Crippen LogP contribution in [0.15, 0.2) is 59.4 Å². The molecule has 3 aromatic rings. The van der Waals surface area contributed by atoms with Crippen molar-refractivity contribution in [2.24, 2.45) is 0 Å². The molecule has 2 atom stereocenters. The summed E-state index contributed by atoms with van der Waals surface area (Å²) in [5.41, 5.74) is 1.84. The average Bonchev–Trinajstić information content (AvgIpc) is 2.78. The van der Waals surface area contributed by atoms with Gasteiger partial charge in [-0.3, -0.25) is 9.59 Å². The number of carbonyl (C=O) groups is 1. The number of fused-ring (bicyclic) bond motifs is 1. The third-order valence-electron chi connectivity index (χ3n) is 5.43. The van der Waals surface area contributed by atoms with Gasteiger partial charge in [-0.1, -0.05) is 36.4 Å². The van der Waals surface area contributed by atoms with Crippen LogP contribution in [-0.4, -0.2) is 40.1 Å². The second-order valence-electron chi connectivity index (χ2n) is 8.18. The molecule has 0 aliphatic rings. The molecule has 0 unspecified atom stereocenters. The summed E-state index contributed by atoms with van der Waals surface area (Å²) < 4.78 is 19.8. The molecule has 174 valence electrons. The number of methoxy groups -OCH3 is 1. The first-order chi connectivity index (χ1) is 15.7. The Morgan fingerprint density at radius 3 is 2.33 bits per heavy atom.